The maximum absolute atomic E-state index is 13.5. The molecule has 4 atom stereocenters. The molecule has 1 aliphatic heterocycles. The van der Waals surface area contributed by atoms with E-state index in [1.54, 1.807) is 20.8 Å². The molecule has 1 saturated heterocycles. The van der Waals surface area contributed by atoms with Gasteiger partial charge in [0.15, 0.2) is 0 Å². The Bertz CT molecular complexity index is 860. The zero-order valence-electron chi connectivity index (χ0n) is 20.4. The highest BCUT2D eigenvalue weighted by molar-refractivity contribution is 9.10. The number of carbonyl (C=O) groups excluding carboxylic acids is 3. The number of alkyl carbamates (subject to hydrolysis) is 1. The molecule has 3 N–H and O–H groups in total. The van der Waals surface area contributed by atoms with E-state index >= 15 is 0 Å². The fourth-order valence-electron chi connectivity index (χ4n) is 3.69. The van der Waals surface area contributed by atoms with Gasteiger partial charge in [0.05, 0.1) is 12.1 Å². The van der Waals surface area contributed by atoms with Crippen molar-refractivity contribution < 1.29 is 24.2 Å². The van der Waals surface area contributed by atoms with Gasteiger partial charge in [0.2, 0.25) is 11.8 Å². The van der Waals surface area contributed by atoms with Crippen molar-refractivity contribution in [2.75, 3.05) is 6.54 Å². The van der Waals surface area contributed by atoms with Crippen molar-refractivity contribution in [3.63, 3.8) is 0 Å². The Morgan fingerprint density at radius 1 is 1.09 bits per heavy atom. The van der Waals surface area contributed by atoms with Crippen LogP contribution in [0, 0.1) is 5.41 Å². The summed E-state index contributed by atoms with van der Waals surface area (Å²) in [5.74, 6) is -0.776. The number of halogens is 1. The first kappa shape index (κ1) is 27.1. The summed E-state index contributed by atoms with van der Waals surface area (Å²) in [5.41, 5.74) is -0.444. The lowest BCUT2D eigenvalue weighted by molar-refractivity contribution is -0.142. The highest BCUT2D eigenvalue weighted by Gasteiger charge is 2.45. The maximum Gasteiger partial charge on any atom is 0.408 e. The van der Waals surface area contributed by atoms with Gasteiger partial charge in [-0.15, -0.1) is 0 Å². The summed E-state index contributed by atoms with van der Waals surface area (Å²) in [4.78, 5) is 40.4. The number of benzene rings is 1. The highest BCUT2D eigenvalue weighted by atomic mass is 79.9. The average Bonchev–Trinajstić information content (AvgIpc) is 3.05. The molecule has 9 heteroatoms. The number of rotatable bonds is 5. The van der Waals surface area contributed by atoms with Crippen LogP contribution in [0.5, 0.6) is 0 Å². The number of ether oxygens (including phenoxy) is 1. The van der Waals surface area contributed by atoms with Crippen LogP contribution in [-0.4, -0.2) is 58.2 Å². The second-order valence-corrected chi connectivity index (χ2v) is 11.5. The number of aliphatic hydroxyl groups is 1. The molecule has 0 unspecified atom stereocenters. The highest BCUT2D eigenvalue weighted by Crippen LogP contribution is 2.27. The number of hydrogen-bond donors (Lipinski definition) is 3. The van der Waals surface area contributed by atoms with E-state index < -0.39 is 41.2 Å². The maximum atomic E-state index is 13.5. The van der Waals surface area contributed by atoms with E-state index in [4.69, 9.17) is 4.74 Å². The molecule has 0 bridgehead atoms. The monoisotopic (exact) mass is 525 g/mol. The van der Waals surface area contributed by atoms with Gasteiger partial charge in [-0.05, 0) is 50.8 Å². The number of aliphatic hydroxyl groups excluding tert-OH is 1. The molecular weight excluding hydrogens is 490 g/mol. The summed E-state index contributed by atoms with van der Waals surface area (Å²) in [6.07, 6.45) is -1.40. The molecule has 1 fully saturated rings. The van der Waals surface area contributed by atoms with Gasteiger partial charge in [-0.3, -0.25) is 9.59 Å². The summed E-state index contributed by atoms with van der Waals surface area (Å²) in [5, 5.41) is 15.9. The van der Waals surface area contributed by atoms with Gasteiger partial charge in [-0.25, -0.2) is 4.79 Å². The molecule has 1 aromatic rings. The minimum atomic E-state index is -0.933. The number of likely N-dealkylation sites (tertiary alicyclic amines) is 1. The minimum Gasteiger partial charge on any atom is -0.444 e. The van der Waals surface area contributed by atoms with Crippen LogP contribution < -0.4 is 10.6 Å². The summed E-state index contributed by atoms with van der Waals surface area (Å²) in [6, 6.07) is 5.54. The van der Waals surface area contributed by atoms with Crippen molar-refractivity contribution >= 4 is 33.8 Å². The first-order valence-corrected chi connectivity index (χ1v) is 11.9. The molecule has 0 aromatic heterocycles. The van der Waals surface area contributed by atoms with E-state index in [2.05, 4.69) is 26.6 Å². The Hall–Kier alpha value is -2.13. The zero-order valence-corrected chi connectivity index (χ0v) is 22.0. The van der Waals surface area contributed by atoms with Crippen molar-refractivity contribution in [3.8, 4) is 0 Å². The van der Waals surface area contributed by atoms with Crippen molar-refractivity contribution in [3.05, 3.63) is 34.3 Å². The average molecular weight is 526 g/mol. The van der Waals surface area contributed by atoms with Crippen LogP contribution in [0.2, 0.25) is 0 Å². The third-order valence-electron chi connectivity index (χ3n) is 5.37. The fourth-order valence-corrected chi connectivity index (χ4v) is 3.95. The molecule has 184 valence electrons. The number of carbonyl (C=O) groups is 3. The third-order valence-corrected chi connectivity index (χ3v) is 5.90. The topological polar surface area (TPSA) is 108 Å². The second kappa shape index (κ2) is 10.4. The molecule has 1 aliphatic rings. The molecule has 8 nitrogen and oxygen atoms in total. The molecule has 2 rings (SSSR count). The van der Waals surface area contributed by atoms with E-state index in [-0.39, 0.29) is 24.9 Å². The summed E-state index contributed by atoms with van der Waals surface area (Å²) < 4.78 is 6.27. The van der Waals surface area contributed by atoms with Gasteiger partial charge in [-0.1, -0.05) is 48.8 Å². The summed E-state index contributed by atoms with van der Waals surface area (Å²) in [6.45, 7) is 12.6. The van der Waals surface area contributed by atoms with Crippen LogP contribution in [0.3, 0.4) is 0 Å². The smallest absolute Gasteiger partial charge is 0.408 e. The molecule has 0 radical (unpaired) electrons. The lowest BCUT2D eigenvalue weighted by atomic mass is 9.85. The first-order chi connectivity index (χ1) is 15.1. The summed E-state index contributed by atoms with van der Waals surface area (Å²) >= 11 is 3.39. The van der Waals surface area contributed by atoms with Crippen LogP contribution >= 0.6 is 15.9 Å². The van der Waals surface area contributed by atoms with E-state index in [0.29, 0.717) is 0 Å². The lowest BCUT2D eigenvalue weighted by Gasteiger charge is -2.35. The predicted octanol–water partition coefficient (Wildman–Crippen LogP) is 3.53. The SMILES string of the molecule is C[C@H](NC(=O)[C@@H]1C[C@@H](O)CN1C(=O)[C@@H](NC(=O)OC(C)(C)C)C(C)(C)C)c1ccc(Br)cc1. The van der Waals surface area contributed by atoms with E-state index in [1.807, 2.05) is 52.0 Å². The van der Waals surface area contributed by atoms with Crippen LogP contribution in [0.25, 0.3) is 0 Å². The van der Waals surface area contributed by atoms with Gasteiger partial charge >= 0.3 is 6.09 Å². The fraction of sp³-hybridized carbons (Fsp3) is 0.625. The number of β-amino-alcohol motifs (C(OH)–C–C–N with tert-alkyl or cyclic N) is 1. The molecule has 33 heavy (non-hydrogen) atoms. The van der Waals surface area contributed by atoms with Gasteiger partial charge in [0, 0.05) is 17.4 Å². The van der Waals surface area contributed by atoms with Gasteiger partial charge in [0.25, 0.3) is 0 Å². The van der Waals surface area contributed by atoms with Crippen molar-refractivity contribution in [1.29, 1.82) is 0 Å². The number of amides is 3. The van der Waals surface area contributed by atoms with E-state index in [9.17, 15) is 19.5 Å². The Balaban J connectivity index is 2.18. The van der Waals surface area contributed by atoms with Crippen molar-refractivity contribution in [2.24, 2.45) is 5.41 Å². The zero-order chi connectivity index (χ0) is 25.1. The van der Waals surface area contributed by atoms with Crippen LogP contribution in [0.4, 0.5) is 4.79 Å². The Kier molecular flexibility index (Phi) is 8.57. The van der Waals surface area contributed by atoms with Crippen molar-refractivity contribution in [1.82, 2.24) is 15.5 Å². The Morgan fingerprint density at radius 3 is 2.18 bits per heavy atom. The number of hydrogen-bond acceptors (Lipinski definition) is 5. The van der Waals surface area contributed by atoms with Crippen LogP contribution in [0.15, 0.2) is 28.7 Å². The molecule has 0 saturated carbocycles. The van der Waals surface area contributed by atoms with E-state index in [1.165, 1.54) is 4.90 Å². The molecular formula is C24H36BrN3O5. The largest absolute Gasteiger partial charge is 0.444 e. The summed E-state index contributed by atoms with van der Waals surface area (Å²) in [7, 11) is 0. The van der Waals surface area contributed by atoms with E-state index in [0.717, 1.165) is 10.0 Å². The van der Waals surface area contributed by atoms with Crippen LogP contribution in [-0.2, 0) is 14.3 Å². The van der Waals surface area contributed by atoms with Gasteiger partial charge in [0.1, 0.15) is 17.7 Å². The molecule has 3 amide bonds. The molecule has 0 spiro atoms. The van der Waals surface area contributed by atoms with Gasteiger partial charge in [-0.2, -0.15) is 0 Å². The quantitative estimate of drug-likeness (QED) is 0.544. The first-order valence-electron chi connectivity index (χ1n) is 11.1. The van der Waals surface area contributed by atoms with Gasteiger partial charge < -0.3 is 25.4 Å². The standard InChI is InChI=1S/C24H36BrN3O5/c1-14(15-8-10-16(25)11-9-15)26-20(30)18-12-17(29)13-28(18)21(31)19(23(2,3)4)27-22(32)33-24(5,6)7/h8-11,14,17-19,29H,12-13H2,1-7H3,(H,26,30)(H,27,32)/t14-,17+,18-,19+/m0/s1. The minimum absolute atomic E-state index is 0.0200. The third kappa shape index (κ3) is 7.71. The lowest BCUT2D eigenvalue weighted by Crippen LogP contribution is -2.58. The Morgan fingerprint density at radius 2 is 1.67 bits per heavy atom. The van der Waals surface area contributed by atoms with Crippen LogP contribution in [0.1, 0.15) is 66.5 Å². The number of nitrogens with one attached hydrogen (secondary N) is 2. The normalized spacial score (nSPS) is 20.7. The predicted molar refractivity (Wildman–Crippen MR) is 129 cm³/mol. The second-order valence-electron chi connectivity index (χ2n) is 10.6. The molecule has 1 heterocycles. The Labute approximate surface area is 204 Å². The number of nitrogens with zero attached hydrogens (tertiary/aromatic N) is 1. The molecule has 1 aromatic carbocycles. The molecule has 0 aliphatic carbocycles. The van der Waals surface area contributed by atoms with Crippen molar-refractivity contribution in [2.45, 2.75) is 84.7 Å².